The van der Waals surface area contributed by atoms with Gasteiger partial charge in [-0.25, -0.2) is 9.37 Å². The molecule has 0 bridgehead atoms. The molecule has 1 aromatic carbocycles. The first kappa shape index (κ1) is 14.2. The van der Waals surface area contributed by atoms with Gasteiger partial charge in [-0.15, -0.1) is 11.3 Å². The first-order valence-electron chi connectivity index (χ1n) is 6.17. The fourth-order valence-corrected chi connectivity index (χ4v) is 3.32. The number of rotatable bonds is 4. The number of aryl methyl sites for hydroxylation is 1. The molecule has 0 fully saturated rings. The van der Waals surface area contributed by atoms with Gasteiger partial charge in [-0.05, 0) is 40.5 Å². The monoisotopic (exact) mass is 368 g/mol. The lowest BCUT2D eigenvalue weighted by molar-refractivity contribution is -0.136. The Morgan fingerprint density at radius 3 is 3.00 bits per heavy atom. The van der Waals surface area contributed by atoms with Crippen molar-refractivity contribution in [3.63, 3.8) is 0 Å². The number of aromatic nitrogens is 2. The van der Waals surface area contributed by atoms with Crippen LogP contribution < -0.4 is 0 Å². The Hall–Kier alpha value is -1.73. The number of carbonyl (C=O) groups is 1. The summed E-state index contributed by atoms with van der Waals surface area (Å²) in [6, 6.07) is 4.74. The Morgan fingerprint density at radius 1 is 1.48 bits per heavy atom. The maximum absolute atomic E-state index is 13.3. The van der Waals surface area contributed by atoms with Crippen LogP contribution in [0.15, 0.2) is 34.2 Å². The van der Waals surface area contributed by atoms with E-state index in [1.54, 1.807) is 12.1 Å². The number of hydrogen-bond donors (Lipinski definition) is 1. The standard InChI is InChI=1S/C14H10BrFN2O2S/c15-10-5-8(1-3-11(10)16)12-6-18-9(2-4-13(19)20)7-21-14(18)17-12/h1,3,5-7H,2,4H2,(H,19,20). The van der Waals surface area contributed by atoms with Gasteiger partial charge < -0.3 is 5.11 Å². The molecule has 7 heteroatoms. The summed E-state index contributed by atoms with van der Waals surface area (Å²) in [6.07, 6.45) is 2.39. The predicted octanol–water partition coefficient (Wildman–Crippen LogP) is 3.98. The summed E-state index contributed by atoms with van der Waals surface area (Å²) in [6.45, 7) is 0. The molecule has 0 saturated heterocycles. The van der Waals surface area contributed by atoms with E-state index in [2.05, 4.69) is 20.9 Å². The van der Waals surface area contributed by atoms with E-state index < -0.39 is 5.97 Å². The number of halogens is 2. The lowest BCUT2D eigenvalue weighted by atomic mass is 10.2. The van der Waals surface area contributed by atoms with Gasteiger partial charge in [-0.2, -0.15) is 0 Å². The zero-order chi connectivity index (χ0) is 15.0. The Labute approximate surface area is 132 Å². The fourth-order valence-electron chi connectivity index (χ4n) is 2.04. The third-order valence-electron chi connectivity index (χ3n) is 3.09. The van der Waals surface area contributed by atoms with E-state index in [0.717, 1.165) is 21.9 Å². The molecule has 3 aromatic rings. The first-order valence-corrected chi connectivity index (χ1v) is 7.84. The van der Waals surface area contributed by atoms with Crippen molar-refractivity contribution >= 4 is 38.2 Å². The van der Waals surface area contributed by atoms with Gasteiger partial charge >= 0.3 is 5.97 Å². The molecule has 108 valence electrons. The van der Waals surface area contributed by atoms with Gasteiger partial charge in [0.2, 0.25) is 0 Å². The Balaban J connectivity index is 1.97. The molecular weight excluding hydrogens is 359 g/mol. The van der Waals surface area contributed by atoms with Crippen LogP contribution in [0.1, 0.15) is 12.1 Å². The van der Waals surface area contributed by atoms with Crippen LogP contribution in [0.3, 0.4) is 0 Å². The van der Waals surface area contributed by atoms with Gasteiger partial charge in [0, 0.05) is 22.8 Å². The SMILES string of the molecule is O=C(O)CCc1csc2nc(-c3ccc(F)c(Br)c3)cn12. The van der Waals surface area contributed by atoms with Crippen LogP contribution in [-0.2, 0) is 11.2 Å². The molecule has 21 heavy (non-hydrogen) atoms. The van der Waals surface area contributed by atoms with Crippen molar-refractivity contribution in [2.24, 2.45) is 0 Å². The van der Waals surface area contributed by atoms with E-state index in [9.17, 15) is 9.18 Å². The number of hydrogen-bond acceptors (Lipinski definition) is 3. The molecule has 0 saturated carbocycles. The van der Waals surface area contributed by atoms with Crippen molar-refractivity contribution in [3.05, 3.63) is 45.8 Å². The molecule has 0 atom stereocenters. The molecule has 0 amide bonds. The van der Waals surface area contributed by atoms with Crippen molar-refractivity contribution in [1.29, 1.82) is 0 Å². The van der Waals surface area contributed by atoms with Gasteiger partial charge in [0.1, 0.15) is 5.82 Å². The van der Waals surface area contributed by atoms with Gasteiger partial charge in [0.15, 0.2) is 4.96 Å². The maximum atomic E-state index is 13.3. The Morgan fingerprint density at radius 2 is 2.29 bits per heavy atom. The highest BCUT2D eigenvalue weighted by Gasteiger charge is 2.11. The molecule has 2 heterocycles. The van der Waals surface area contributed by atoms with Crippen molar-refractivity contribution in [2.75, 3.05) is 0 Å². The van der Waals surface area contributed by atoms with Crippen LogP contribution in [0, 0.1) is 5.82 Å². The van der Waals surface area contributed by atoms with Gasteiger partial charge in [0.25, 0.3) is 0 Å². The second-order valence-corrected chi connectivity index (χ2v) is 6.22. The van der Waals surface area contributed by atoms with Crippen molar-refractivity contribution < 1.29 is 14.3 Å². The van der Waals surface area contributed by atoms with Crippen molar-refractivity contribution in [3.8, 4) is 11.3 Å². The maximum Gasteiger partial charge on any atom is 0.303 e. The summed E-state index contributed by atoms with van der Waals surface area (Å²) in [5, 5.41) is 10.7. The summed E-state index contributed by atoms with van der Waals surface area (Å²) in [4.78, 5) is 16.0. The van der Waals surface area contributed by atoms with Crippen LogP contribution in [0.4, 0.5) is 4.39 Å². The minimum atomic E-state index is -0.822. The quantitative estimate of drug-likeness (QED) is 0.757. The number of imidazole rings is 1. The smallest absolute Gasteiger partial charge is 0.303 e. The molecule has 3 rings (SSSR count). The third-order valence-corrected chi connectivity index (χ3v) is 4.59. The first-order chi connectivity index (χ1) is 10.0. The van der Waals surface area contributed by atoms with E-state index in [1.165, 1.54) is 17.4 Å². The molecule has 0 radical (unpaired) electrons. The van der Waals surface area contributed by atoms with Crippen molar-refractivity contribution in [2.45, 2.75) is 12.8 Å². The average Bonchev–Trinajstić information content (AvgIpc) is 3.00. The number of fused-ring (bicyclic) bond motifs is 1. The number of thiazole rings is 1. The summed E-state index contributed by atoms with van der Waals surface area (Å²) in [7, 11) is 0. The van der Waals surface area contributed by atoms with E-state index in [1.807, 2.05) is 16.0 Å². The van der Waals surface area contributed by atoms with Gasteiger partial charge in [-0.3, -0.25) is 9.20 Å². The normalized spacial score (nSPS) is 11.1. The molecule has 0 aliphatic carbocycles. The topological polar surface area (TPSA) is 54.6 Å². The zero-order valence-corrected chi connectivity index (χ0v) is 13.1. The predicted molar refractivity (Wildman–Crippen MR) is 82.1 cm³/mol. The van der Waals surface area contributed by atoms with Crippen LogP contribution in [-0.4, -0.2) is 20.5 Å². The highest BCUT2D eigenvalue weighted by molar-refractivity contribution is 9.10. The number of carboxylic acids is 1. The highest BCUT2D eigenvalue weighted by Crippen LogP contribution is 2.27. The molecule has 0 aliphatic heterocycles. The molecule has 4 nitrogen and oxygen atoms in total. The van der Waals surface area contributed by atoms with Crippen LogP contribution in [0.2, 0.25) is 0 Å². The van der Waals surface area contributed by atoms with E-state index >= 15 is 0 Å². The zero-order valence-electron chi connectivity index (χ0n) is 10.7. The molecule has 2 aromatic heterocycles. The molecule has 1 N–H and O–H groups in total. The summed E-state index contributed by atoms with van der Waals surface area (Å²) >= 11 is 4.62. The second-order valence-electron chi connectivity index (χ2n) is 4.53. The van der Waals surface area contributed by atoms with E-state index in [-0.39, 0.29) is 12.2 Å². The highest BCUT2D eigenvalue weighted by atomic mass is 79.9. The number of aliphatic carboxylic acids is 1. The van der Waals surface area contributed by atoms with Gasteiger partial charge in [-0.1, -0.05) is 0 Å². The molecule has 0 aliphatic rings. The number of carboxylic acid groups (broad SMARTS) is 1. The Bertz CT molecular complexity index is 828. The van der Waals surface area contributed by atoms with Crippen LogP contribution in [0.25, 0.3) is 16.2 Å². The van der Waals surface area contributed by atoms with Gasteiger partial charge in [0.05, 0.1) is 16.6 Å². The lowest BCUT2D eigenvalue weighted by Crippen LogP contribution is -1.99. The largest absolute Gasteiger partial charge is 0.481 e. The third kappa shape index (κ3) is 2.84. The molecule has 0 unspecified atom stereocenters. The number of benzene rings is 1. The minimum Gasteiger partial charge on any atom is -0.481 e. The Kier molecular flexibility index (Phi) is 3.77. The number of nitrogens with zero attached hydrogens (tertiary/aromatic N) is 2. The average molecular weight is 369 g/mol. The lowest BCUT2D eigenvalue weighted by Gasteiger charge is -1.99. The summed E-state index contributed by atoms with van der Waals surface area (Å²) < 4.78 is 15.6. The molecule has 0 spiro atoms. The second kappa shape index (κ2) is 5.57. The van der Waals surface area contributed by atoms with Crippen molar-refractivity contribution in [1.82, 2.24) is 9.38 Å². The van der Waals surface area contributed by atoms with Crippen LogP contribution >= 0.6 is 27.3 Å². The summed E-state index contributed by atoms with van der Waals surface area (Å²) in [5.74, 6) is -1.14. The minimum absolute atomic E-state index is 0.0848. The van der Waals surface area contributed by atoms with E-state index in [4.69, 9.17) is 5.11 Å². The fraction of sp³-hybridized carbons (Fsp3) is 0.143. The summed E-state index contributed by atoms with van der Waals surface area (Å²) in [5.41, 5.74) is 2.46. The van der Waals surface area contributed by atoms with E-state index in [0.29, 0.717) is 10.9 Å². The molecular formula is C14H10BrFN2O2S. The van der Waals surface area contributed by atoms with Crippen LogP contribution in [0.5, 0.6) is 0 Å².